The monoisotopic (exact) mass is 273 g/mol. The number of methoxy groups -OCH3 is 1. The Hall–Kier alpha value is -2.17. The van der Waals surface area contributed by atoms with E-state index in [0.29, 0.717) is 12.2 Å². The van der Waals surface area contributed by atoms with Crippen LogP contribution in [-0.2, 0) is 17.7 Å². The molecule has 0 spiro atoms. The molecule has 5 heteroatoms. The van der Waals surface area contributed by atoms with Crippen LogP contribution < -0.4 is 0 Å². The molecule has 1 heterocycles. The van der Waals surface area contributed by atoms with Crippen molar-refractivity contribution in [3.05, 3.63) is 47.3 Å². The molecule has 1 aromatic heterocycles. The summed E-state index contributed by atoms with van der Waals surface area (Å²) in [4.78, 5) is 11.7. The van der Waals surface area contributed by atoms with Gasteiger partial charge in [-0.25, -0.2) is 9.48 Å². The molecule has 0 saturated heterocycles. The number of carbonyl (C=O) groups is 1. The predicted octanol–water partition coefficient (Wildman–Crippen LogP) is 2.46. The first-order valence-electron chi connectivity index (χ1n) is 6.80. The van der Waals surface area contributed by atoms with Crippen molar-refractivity contribution in [2.75, 3.05) is 7.11 Å². The maximum absolute atomic E-state index is 11.7. The maximum atomic E-state index is 11.7. The van der Waals surface area contributed by atoms with Gasteiger partial charge in [0.05, 0.1) is 19.3 Å². The Kier molecular flexibility index (Phi) is 4.87. The number of hydrogen-bond donors (Lipinski definition) is 0. The summed E-state index contributed by atoms with van der Waals surface area (Å²) >= 11 is 0. The van der Waals surface area contributed by atoms with Crippen LogP contribution in [0.1, 0.15) is 41.5 Å². The van der Waals surface area contributed by atoms with Crippen LogP contribution in [0, 0.1) is 0 Å². The average molecular weight is 273 g/mol. The SMILES string of the molecule is CCCCc1c(C(=O)OC)nnn1Cc1ccccc1. The topological polar surface area (TPSA) is 57.0 Å². The first-order valence-corrected chi connectivity index (χ1v) is 6.80. The van der Waals surface area contributed by atoms with Crippen molar-refractivity contribution in [1.29, 1.82) is 0 Å². The number of aromatic nitrogens is 3. The van der Waals surface area contributed by atoms with Crippen LogP contribution in [0.2, 0.25) is 0 Å². The van der Waals surface area contributed by atoms with Crippen LogP contribution in [0.25, 0.3) is 0 Å². The Balaban J connectivity index is 2.27. The number of rotatable bonds is 6. The second-order valence-electron chi connectivity index (χ2n) is 4.62. The van der Waals surface area contributed by atoms with E-state index in [1.807, 2.05) is 30.3 Å². The smallest absolute Gasteiger partial charge is 0.360 e. The van der Waals surface area contributed by atoms with Gasteiger partial charge in [-0.1, -0.05) is 48.9 Å². The van der Waals surface area contributed by atoms with E-state index in [9.17, 15) is 4.79 Å². The summed E-state index contributed by atoms with van der Waals surface area (Å²) in [5, 5.41) is 8.07. The van der Waals surface area contributed by atoms with Gasteiger partial charge in [-0.15, -0.1) is 5.10 Å². The van der Waals surface area contributed by atoms with Gasteiger partial charge < -0.3 is 4.74 Å². The first kappa shape index (κ1) is 14.2. The minimum atomic E-state index is -0.421. The van der Waals surface area contributed by atoms with Gasteiger partial charge in [-0.2, -0.15) is 0 Å². The highest BCUT2D eigenvalue weighted by molar-refractivity contribution is 5.88. The van der Waals surface area contributed by atoms with E-state index in [-0.39, 0.29) is 0 Å². The molecule has 0 N–H and O–H groups in total. The molecular weight excluding hydrogens is 254 g/mol. The van der Waals surface area contributed by atoms with Gasteiger partial charge in [-0.05, 0) is 18.4 Å². The van der Waals surface area contributed by atoms with E-state index in [1.54, 1.807) is 4.68 Å². The first-order chi connectivity index (χ1) is 9.76. The Morgan fingerprint density at radius 1 is 1.30 bits per heavy atom. The molecular formula is C15H19N3O2. The number of nitrogens with zero attached hydrogens (tertiary/aromatic N) is 3. The molecule has 1 aromatic carbocycles. The third kappa shape index (κ3) is 3.23. The molecule has 0 radical (unpaired) electrons. The van der Waals surface area contributed by atoms with E-state index in [0.717, 1.165) is 30.5 Å². The summed E-state index contributed by atoms with van der Waals surface area (Å²) < 4.78 is 6.55. The Morgan fingerprint density at radius 3 is 2.70 bits per heavy atom. The molecule has 0 saturated carbocycles. The molecule has 0 aliphatic rings. The minimum absolute atomic E-state index is 0.330. The van der Waals surface area contributed by atoms with Crippen LogP contribution in [0.4, 0.5) is 0 Å². The quantitative estimate of drug-likeness (QED) is 0.759. The van der Waals surface area contributed by atoms with Crippen molar-refractivity contribution in [1.82, 2.24) is 15.0 Å². The summed E-state index contributed by atoms with van der Waals surface area (Å²) in [6.45, 7) is 2.73. The number of unbranched alkanes of at least 4 members (excludes halogenated alkanes) is 1. The number of carbonyl (C=O) groups excluding carboxylic acids is 1. The Bertz CT molecular complexity index is 564. The fourth-order valence-corrected chi connectivity index (χ4v) is 2.06. The van der Waals surface area contributed by atoms with Crippen molar-refractivity contribution in [2.24, 2.45) is 0 Å². The van der Waals surface area contributed by atoms with Crippen molar-refractivity contribution in [2.45, 2.75) is 32.7 Å². The van der Waals surface area contributed by atoms with Crippen LogP contribution in [0.15, 0.2) is 30.3 Å². The largest absolute Gasteiger partial charge is 0.464 e. The van der Waals surface area contributed by atoms with E-state index in [1.165, 1.54) is 7.11 Å². The predicted molar refractivity (Wildman–Crippen MR) is 75.5 cm³/mol. The van der Waals surface area contributed by atoms with Gasteiger partial charge in [0.2, 0.25) is 0 Å². The Morgan fingerprint density at radius 2 is 2.05 bits per heavy atom. The number of hydrogen-bond acceptors (Lipinski definition) is 4. The molecule has 0 atom stereocenters. The lowest BCUT2D eigenvalue weighted by Gasteiger charge is -2.07. The van der Waals surface area contributed by atoms with Crippen molar-refractivity contribution in [3.63, 3.8) is 0 Å². The normalized spacial score (nSPS) is 10.5. The third-order valence-electron chi connectivity index (χ3n) is 3.16. The number of esters is 1. The number of ether oxygens (including phenoxy) is 1. The third-order valence-corrected chi connectivity index (χ3v) is 3.16. The Labute approximate surface area is 118 Å². The van der Waals surface area contributed by atoms with Crippen molar-refractivity contribution in [3.8, 4) is 0 Å². The molecule has 0 unspecified atom stereocenters. The van der Waals surface area contributed by atoms with E-state index < -0.39 is 5.97 Å². The molecule has 0 aliphatic carbocycles. The molecule has 0 bridgehead atoms. The maximum Gasteiger partial charge on any atom is 0.360 e. The lowest BCUT2D eigenvalue weighted by atomic mass is 10.1. The van der Waals surface area contributed by atoms with Crippen LogP contribution in [0.5, 0.6) is 0 Å². The van der Waals surface area contributed by atoms with Crippen LogP contribution in [0.3, 0.4) is 0 Å². The zero-order valence-electron chi connectivity index (χ0n) is 11.9. The fourth-order valence-electron chi connectivity index (χ4n) is 2.06. The zero-order valence-corrected chi connectivity index (χ0v) is 11.9. The van der Waals surface area contributed by atoms with E-state index >= 15 is 0 Å². The van der Waals surface area contributed by atoms with Gasteiger partial charge in [0.1, 0.15) is 0 Å². The highest BCUT2D eigenvalue weighted by Gasteiger charge is 2.19. The summed E-state index contributed by atoms with van der Waals surface area (Å²) in [6, 6.07) is 10.0. The van der Waals surface area contributed by atoms with Gasteiger partial charge in [0.15, 0.2) is 5.69 Å². The second-order valence-corrected chi connectivity index (χ2v) is 4.62. The van der Waals surface area contributed by atoms with Gasteiger partial charge in [0.25, 0.3) is 0 Å². The standard InChI is InChI=1S/C15H19N3O2/c1-3-4-10-13-14(15(19)20-2)16-17-18(13)11-12-8-6-5-7-9-12/h5-9H,3-4,10-11H2,1-2H3. The highest BCUT2D eigenvalue weighted by atomic mass is 16.5. The fraction of sp³-hybridized carbons (Fsp3) is 0.400. The van der Waals surface area contributed by atoms with E-state index in [4.69, 9.17) is 4.74 Å². The molecule has 2 rings (SSSR count). The summed E-state index contributed by atoms with van der Waals surface area (Å²) in [7, 11) is 1.36. The second kappa shape index (κ2) is 6.84. The molecule has 20 heavy (non-hydrogen) atoms. The summed E-state index contributed by atoms with van der Waals surface area (Å²) in [5.74, 6) is -0.421. The van der Waals surface area contributed by atoms with Crippen LogP contribution in [-0.4, -0.2) is 28.1 Å². The zero-order chi connectivity index (χ0) is 14.4. The molecule has 5 nitrogen and oxygen atoms in total. The average Bonchev–Trinajstić information content (AvgIpc) is 2.88. The molecule has 0 aliphatic heterocycles. The highest BCUT2D eigenvalue weighted by Crippen LogP contribution is 2.13. The summed E-state index contributed by atoms with van der Waals surface area (Å²) in [5.41, 5.74) is 2.31. The molecule has 2 aromatic rings. The van der Waals surface area contributed by atoms with Gasteiger partial charge in [0, 0.05) is 0 Å². The van der Waals surface area contributed by atoms with E-state index in [2.05, 4.69) is 17.2 Å². The molecule has 0 amide bonds. The van der Waals surface area contributed by atoms with Crippen molar-refractivity contribution < 1.29 is 9.53 Å². The van der Waals surface area contributed by atoms with Gasteiger partial charge in [-0.3, -0.25) is 0 Å². The van der Waals surface area contributed by atoms with Crippen molar-refractivity contribution >= 4 is 5.97 Å². The minimum Gasteiger partial charge on any atom is -0.464 e. The lowest BCUT2D eigenvalue weighted by molar-refractivity contribution is 0.0592. The number of benzene rings is 1. The molecule has 0 fully saturated rings. The lowest BCUT2D eigenvalue weighted by Crippen LogP contribution is -2.10. The molecule has 106 valence electrons. The van der Waals surface area contributed by atoms with Crippen LogP contribution >= 0.6 is 0 Å². The van der Waals surface area contributed by atoms with Gasteiger partial charge >= 0.3 is 5.97 Å². The summed E-state index contributed by atoms with van der Waals surface area (Å²) in [6.07, 6.45) is 2.82.